The molecule has 0 saturated carbocycles. The number of anilines is 2. The van der Waals surface area contributed by atoms with Gasteiger partial charge in [0.15, 0.2) is 0 Å². The Bertz CT molecular complexity index is 1340. The van der Waals surface area contributed by atoms with Crippen molar-refractivity contribution in [2.45, 2.75) is 26.2 Å². The number of rotatable bonds is 5. The van der Waals surface area contributed by atoms with Gasteiger partial charge in [-0.2, -0.15) is 5.10 Å². The van der Waals surface area contributed by atoms with Crippen molar-refractivity contribution in [3.63, 3.8) is 0 Å². The van der Waals surface area contributed by atoms with Gasteiger partial charge in [0.2, 0.25) is 0 Å². The van der Waals surface area contributed by atoms with E-state index in [4.69, 9.17) is 4.74 Å². The minimum atomic E-state index is -0.642. The summed E-state index contributed by atoms with van der Waals surface area (Å²) in [6.45, 7) is 6.09. The monoisotopic (exact) mass is 464 g/mol. The Kier molecular flexibility index (Phi) is 6.01. The van der Waals surface area contributed by atoms with Gasteiger partial charge < -0.3 is 10.1 Å². The highest BCUT2D eigenvalue weighted by atomic mass is 19.1. The lowest BCUT2D eigenvalue weighted by Gasteiger charge is -2.13. The number of nitrogens with one attached hydrogen (secondary N) is 2. The molecule has 3 heterocycles. The fourth-order valence-corrected chi connectivity index (χ4v) is 3.10. The normalized spacial score (nSPS) is 11.4. The molecule has 0 unspecified atom stereocenters. The zero-order valence-corrected chi connectivity index (χ0v) is 19.5. The molecule has 0 fully saturated rings. The Hall–Kier alpha value is -4.28. The summed E-state index contributed by atoms with van der Waals surface area (Å²) >= 11 is 0. The molecule has 0 saturated heterocycles. The molecule has 4 aromatic rings. The van der Waals surface area contributed by atoms with Crippen molar-refractivity contribution in [2.24, 2.45) is 14.1 Å². The van der Waals surface area contributed by atoms with Crippen LogP contribution >= 0.6 is 0 Å². The van der Waals surface area contributed by atoms with E-state index >= 15 is 0 Å². The van der Waals surface area contributed by atoms with Crippen molar-refractivity contribution in [3.8, 4) is 22.9 Å². The Balaban J connectivity index is 1.43. The van der Waals surface area contributed by atoms with Crippen LogP contribution in [-0.4, -0.2) is 35.8 Å². The quantitative estimate of drug-likeness (QED) is 0.450. The number of ether oxygens (including phenoxy) is 1. The fraction of sp³-hybridized carbons (Fsp3) is 0.261. The maximum absolute atomic E-state index is 14.7. The molecule has 0 aliphatic carbocycles. The van der Waals surface area contributed by atoms with Crippen molar-refractivity contribution in [1.29, 1.82) is 0 Å². The highest BCUT2D eigenvalue weighted by Gasteiger charge is 2.20. The van der Waals surface area contributed by atoms with Crippen molar-refractivity contribution in [2.75, 3.05) is 10.6 Å². The minimum Gasteiger partial charge on any atom is -0.457 e. The number of benzene rings is 1. The zero-order chi connectivity index (χ0) is 24.5. The molecule has 3 aromatic heterocycles. The molecule has 11 heteroatoms. The summed E-state index contributed by atoms with van der Waals surface area (Å²) in [6.07, 6.45) is 3.30. The summed E-state index contributed by atoms with van der Waals surface area (Å²) in [4.78, 5) is 16.7. The summed E-state index contributed by atoms with van der Waals surface area (Å²) in [7, 11) is 3.49. The van der Waals surface area contributed by atoms with Gasteiger partial charge in [0, 0.05) is 43.9 Å². The second kappa shape index (κ2) is 8.93. The number of aryl methyl sites for hydroxylation is 2. The van der Waals surface area contributed by atoms with Crippen LogP contribution in [0.2, 0.25) is 0 Å². The second-order valence-corrected chi connectivity index (χ2v) is 8.77. The number of halogens is 1. The summed E-state index contributed by atoms with van der Waals surface area (Å²) in [5, 5.41) is 17.5. The molecule has 0 spiro atoms. The number of hydrogen-bond acceptors (Lipinski definition) is 6. The molecular weight excluding hydrogens is 439 g/mol. The average Bonchev–Trinajstić information content (AvgIpc) is 3.36. The zero-order valence-electron chi connectivity index (χ0n) is 19.5. The highest BCUT2D eigenvalue weighted by molar-refractivity contribution is 5.99. The Morgan fingerprint density at radius 1 is 1.03 bits per heavy atom. The van der Waals surface area contributed by atoms with E-state index < -0.39 is 11.8 Å². The topological polar surface area (TPSA) is 112 Å². The molecular formula is C23H25FN8O2. The third-order valence-electron chi connectivity index (χ3n) is 4.91. The first kappa shape index (κ1) is 22.9. The van der Waals surface area contributed by atoms with Crippen molar-refractivity contribution in [3.05, 3.63) is 60.3 Å². The van der Waals surface area contributed by atoms with E-state index in [2.05, 4.69) is 31.0 Å². The van der Waals surface area contributed by atoms with Gasteiger partial charge in [-0.25, -0.2) is 9.18 Å². The third kappa shape index (κ3) is 5.20. The van der Waals surface area contributed by atoms with Crippen LogP contribution < -0.4 is 15.4 Å². The minimum absolute atomic E-state index is 0.0121. The number of carbonyl (C=O) groups is 1. The van der Waals surface area contributed by atoms with E-state index in [0.717, 1.165) is 5.69 Å². The van der Waals surface area contributed by atoms with Crippen LogP contribution in [0.4, 0.5) is 20.7 Å². The maximum Gasteiger partial charge on any atom is 0.324 e. The average molecular weight is 465 g/mol. The van der Waals surface area contributed by atoms with E-state index in [1.165, 1.54) is 12.1 Å². The number of pyridine rings is 1. The molecule has 0 radical (unpaired) electrons. The van der Waals surface area contributed by atoms with E-state index in [9.17, 15) is 9.18 Å². The summed E-state index contributed by atoms with van der Waals surface area (Å²) in [5.41, 5.74) is 1.84. The number of nitrogens with zero attached hydrogens (tertiary/aromatic N) is 6. The van der Waals surface area contributed by atoms with Gasteiger partial charge >= 0.3 is 6.03 Å². The highest BCUT2D eigenvalue weighted by Crippen LogP contribution is 2.28. The predicted molar refractivity (Wildman–Crippen MR) is 125 cm³/mol. The van der Waals surface area contributed by atoms with Crippen LogP contribution in [0.15, 0.2) is 48.8 Å². The molecule has 34 heavy (non-hydrogen) atoms. The van der Waals surface area contributed by atoms with Gasteiger partial charge in [-0.3, -0.25) is 19.7 Å². The lowest BCUT2D eigenvalue weighted by atomic mass is 9.92. The number of carbonyl (C=O) groups excluding carboxylic acids is 1. The Morgan fingerprint density at radius 2 is 1.79 bits per heavy atom. The lowest BCUT2D eigenvalue weighted by Crippen LogP contribution is -2.21. The van der Waals surface area contributed by atoms with Gasteiger partial charge in [-0.1, -0.05) is 26.0 Å². The molecule has 2 amide bonds. The van der Waals surface area contributed by atoms with Crippen molar-refractivity contribution in [1.82, 2.24) is 29.8 Å². The second-order valence-electron chi connectivity index (χ2n) is 8.77. The lowest BCUT2D eigenvalue weighted by molar-refractivity contribution is 0.262. The van der Waals surface area contributed by atoms with Crippen LogP contribution in [0.5, 0.6) is 11.5 Å². The molecule has 1 aromatic carbocycles. The fourth-order valence-electron chi connectivity index (χ4n) is 3.10. The maximum atomic E-state index is 14.7. The standard InChI is InChI=1S/C23H25FN8O2/c1-23(2,3)20-12-21(32(5)29-20)27-22(33)26-17-7-6-14(10-16(17)24)34-15-8-9-25-18(11-15)19-13-31(4)30-28-19/h6-13H,1-5H3,(H2,26,27,33). The van der Waals surface area contributed by atoms with Crippen LogP contribution in [-0.2, 0) is 19.5 Å². The van der Waals surface area contributed by atoms with Crippen LogP contribution in [0.1, 0.15) is 26.5 Å². The van der Waals surface area contributed by atoms with Gasteiger partial charge in [0.1, 0.15) is 28.8 Å². The Morgan fingerprint density at radius 3 is 2.44 bits per heavy atom. The first-order valence-electron chi connectivity index (χ1n) is 10.5. The molecule has 4 rings (SSSR count). The smallest absolute Gasteiger partial charge is 0.324 e. The van der Waals surface area contributed by atoms with Gasteiger partial charge in [0.05, 0.1) is 23.3 Å². The van der Waals surface area contributed by atoms with Crippen molar-refractivity contribution < 1.29 is 13.9 Å². The summed E-state index contributed by atoms with van der Waals surface area (Å²) in [6, 6.07) is 8.72. The molecule has 2 N–H and O–H groups in total. The molecule has 0 atom stereocenters. The molecule has 0 aliphatic rings. The SMILES string of the molecule is Cn1cc(-c2cc(Oc3ccc(NC(=O)Nc4cc(C(C)(C)C)nn4C)c(F)c3)ccn2)nn1. The van der Waals surface area contributed by atoms with E-state index in [0.29, 0.717) is 23.0 Å². The molecule has 0 aliphatic heterocycles. The molecule has 0 bridgehead atoms. The van der Waals surface area contributed by atoms with Gasteiger partial charge in [0.25, 0.3) is 0 Å². The van der Waals surface area contributed by atoms with Crippen molar-refractivity contribution >= 4 is 17.5 Å². The van der Waals surface area contributed by atoms with Gasteiger partial charge in [-0.15, -0.1) is 5.10 Å². The number of hydrogen-bond donors (Lipinski definition) is 2. The third-order valence-corrected chi connectivity index (χ3v) is 4.91. The van der Waals surface area contributed by atoms with Crippen LogP contribution in [0, 0.1) is 5.82 Å². The largest absolute Gasteiger partial charge is 0.457 e. The van der Waals surface area contributed by atoms with Crippen LogP contribution in [0.3, 0.4) is 0 Å². The van der Waals surface area contributed by atoms with Crippen LogP contribution in [0.25, 0.3) is 11.4 Å². The Labute approximate surface area is 195 Å². The van der Waals surface area contributed by atoms with E-state index in [1.54, 1.807) is 60.1 Å². The van der Waals surface area contributed by atoms with Gasteiger partial charge in [-0.05, 0) is 18.2 Å². The number of urea groups is 1. The first-order valence-corrected chi connectivity index (χ1v) is 10.5. The van der Waals surface area contributed by atoms with E-state index in [-0.39, 0.29) is 16.9 Å². The number of amides is 2. The summed E-state index contributed by atoms with van der Waals surface area (Å²) < 4.78 is 23.6. The molecule has 10 nitrogen and oxygen atoms in total. The molecule has 176 valence electrons. The predicted octanol–water partition coefficient (Wildman–Crippen LogP) is 4.48. The van der Waals surface area contributed by atoms with E-state index in [1.807, 2.05) is 20.8 Å². The first-order chi connectivity index (χ1) is 16.1. The summed E-state index contributed by atoms with van der Waals surface area (Å²) in [5.74, 6) is 0.580. The number of aromatic nitrogens is 6.